The Morgan fingerprint density at radius 1 is 0.968 bits per heavy atom. The van der Waals surface area contributed by atoms with Gasteiger partial charge in [0.2, 0.25) is 5.91 Å². The molecular formula is C21H20N4O4S2. The van der Waals surface area contributed by atoms with Gasteiger partial charge < -0.3 is 5.32 Å². The number of nitrogens with one attached hydrogen (secondary N) is 3. The van der Waals surface area contributed by atoms with Gasteiger partial charge >= 0.3 is 0 Å². The molecule has 0 atom stereocenters. The standard InChI is InChI=1S/C21H20N4O4S2/c1-14(16-7-5-8-17(13-16)22-15(2)26)23-24-21(27)18-9-3-4-10-19(18)25-31(28,29)20-11-6-12-30-20/h3-13,25H,1-2H3,(H,22,26)(H,24,27). The van der Waals surface area contributed by atoms with E-state index in [1.54, 1.807) is 54.8 Å². The third kappa shape index (κ3) is 5.77. The van der Waals surface area contributed by atoms with Crippen LogP contribution in [0.25, 0.3) is 0 Å². The molecule has 0 aliphatic heterocycles. The van der Waals surface area contributed by atoms with E-state index in [2.05, 4.69) is 20.6 Å². The molecule has 3 N–H and O–H groups in total. The fraction of sp³-hybridized carbons (Fsp3) is 0.0952. The number of rotatable bonds is 7. The Hall–Kier alpha value is -3.50. The molecule has 0 radical (unpaired) electrons. The normalized spacial score (nSPS) is 11.6. The van der Waals surface area contributed by atoms with E-state index in [1.807, 2.05) is 0 Å². The van der Waals surface area contributed by atoms with Crippen molar-refractivity contribution >= 4 is 50.3 Å². The van der Waals surface area contributed by atoms with Crippen LogP contribution in [0.5, 0.6) is 0 Å². The first-order chi connectivity index (χ1) is 14.8. The van der Waals surface area contributed by atoms with Crippen LogP contribution in [0, 0.1) is 0 Å². The van der Waals surface area contributed by atoms with E-state index < -0.39 is 15.9 Å². The lowest BCUT2D eigenvalue weighted by molar-refractivity contribution is -0.114. The summed E-state index contributed by atoms with van der Waals surface area (Å²) in [5.74, 6) is -0.761. The molecule has 0 fully saturated rings. The number of benzene rings is 2. The van der Waals surface area contributed by atoms with E-state index in [-0.39, 0.29) is 21.4 Å². The largest absolute Gasteiger partial charge is 0.326 e. The Labute approximate surface area is 184 Å². The van der Waals surface area contributed by atoms with E-state index in [9.17, 15) is 18.0 Å². The predicted molar refractivity (Wildman–Crippen MR) is 122 cm³/mol. The molecule has 1 heterocycles. The summed E-state index contributed by atoms with van der Waals surface area (Å²) in [7, 11) is -3.80. The number of sulfonamides is 1. The lowest BCUT2D eigenvalue weighted by Gasteiger charge is -2.11. The molecule has 1 aromatic heterocycles. The first-order valence-electron chi connectivity index (χ1n) is 9.14. The van der Waals surface area contributed by atoms with Crippen LogP contribution in [0.1, 0.15) is 29.8 Å². The zero-order chi connectivity index (χ0) is 22.4. The molecule has 2 aromatic carbocycles. The minimum Gasteiger partial charge on any atom is -0.326 e. The van der Waals surface area contributed by atoms with Crippen molar-refractivity contribution in [2.45, 2.75) is 18.1 Å². The third-order valence-corrected chi connectivity index (χ3v) is 6.86. The van der Waals surface area contributed by atoms with Gasteiger partial charge in [-0.3, -0.25) is 14.3 Å². The van der Waals surface area contributed by atoms with Crippen LogP contribution < -0.4 is 15.5 Å². The first-order valence-corrected chi connectivity index (χ1v) is 11.5. The molecule has 10 heteroatoms. The topological polar surface area (TPSA) is 117 Å². The van der Waals surface area contributed by atoms with Gasteiger partial charge in [-0.15, -0.1) is 11.3 Å². The highest BCUT2D eigenvalue weighted by atomic mass is 32.2. The number of hydrogen-bond acceptors (Lipinski definition) is 6. The van der Waals surface area contributed by atoms with Crippen LogP contribution in [0.4, 0.5) is 11.4 Å². The van der Waals surface area contributed by atoms with Crippen LogP contribution >= 0.6 is 11.3 Å². The zero-order valence-corrected chi connectivity index (χ0v) is 18.4. The summed E-state index contributed by atoms with van der Waals surface area (Å²) in [4.78, 5) is 23.9. The van der Waals surface area contributed by atoms with E-state index in [0.29, 0.717) is 17.0 Å². The Morgan fingerprint density at radius 3 is 2.45 bits per heavy atom. The number of nitrogens with zero attached hydrogens (tertiary/aromatic N) is 1. The first kappa shape index (κ1) is 22.2. The van der Waals surface area contributed by atoms with Crippen molar-refractivity contribution in [1.82, 2.24) is 5.43 Å². The van der Waals surface area contributed by atoms with Gasteiger partial charge in [0.1, 0.15) is 4.21 Å². The summed E-state index contributed by atoms with van der Waals surface area (Å²) >= 11 is 1.08. The number of hydrogen-bond donors (Lipinski definition) is 3. The maximum absolute atomic E-state index is 12.7. The minimum atomic E-state index is -3.80. The van der Waals surface area contributed by atoms with Crippen LogP contribution in [0.3, 0.4) is 0 Å². The predicted octanol–water partition coefficient (Wildman–Crippen LogP) is 3.66. The average molecular weight is 457 g/mol. The summed E-state index contributed by atoms with van der Waals surface area (Å²) in [5.41, 5.74) is 4.55. The molecule has 0 saturated heterocycles. The molecule has 0 bridgehead atoms. The van der Waals surface area contributed by atoms with E-state index in [0.717, 1.165) is 11.3 Å². The van der Waals surface area contributed by atoms with Gasteiger partial charge in [0, 0.05) is 12.6 Å². The Balaban J connectivity index is 1.78. The molecule has 0 aliphatic rings. The van der Waals surface area contributed by atoms with Gasteiger partial charge in [-0.1, -0.05) is 30.3 Å². The summed E-state index contributed by atoms with van der Waals surface area (Å²) in [6, 6.07) is 16.4. The SMILES string of the molecule is CC(=O)Nc1cccc(C(C)=NNC(=O)c2ccccc2NS(=O)(=O)c2cccs2)c1. The highest BCUT2D eigenvalue weighted by Gasteiger charge is 2.19. The van der Waals surface area contributed by atoms with Gasteiger partial charge in [0.25, 0.3) is 15.9 Å². The van der Waals surface area contributed by atoms with Crippen molar-refractivity contribution in [1.29, 1.82) is 0 Å². The van der Waals surface area contributed by atoms with Crippen molar-refractivity contribution in [3.8, 4) is 0 Å². The van der Waals surface area contributed by atoms with Crippen LogP contribution in [0.2, 0.25) is 0 Å². The van der Waals surface area contributed by atoms with Gasteiger partial charge in [0.15, 0.2) is 0 Å². The highest BCUT2D eigenvalue weighted by molar-refractivity contribution is 7.94. The Kier molecular flexibility index (Phi) is 6.83. The number of anilines is 2. The molecule has 0 spiro atoms. The van der Waals surface area contributed by atoms with Crippen molar-refractivity contribution in [3.05, 3.63) is 77.2 Å². The molecular weight excluding hydrogens is 436 g/mol. The maximum Gasteiger partial charge on any atom is 0.273 e. The third-order valence-electron chi connectivity index (χ3n) is 4.10. The molecule has 3 rings (SSSR count). The molecule has 31 heavy (non-hydrogen) atoms. The smallest absolute Gasteiger partial charge is 0.273 e. The molecule has 0 aliphatic carbocycles. The van der Waals surface area contributed by atoms with Crippen molar-refractivity contribution in [2.75, 3.05) is 10.0 Å². The van der Waals surface area contributed by atoms with Crippen molar-refractivity contribution in [2.24, 2.45) is 5.10 Å². The van der Waals surface area contributed by atoms with Gasteiger partial charge in [0.05, 0.1) is 17.0 Å². The summed E-state index contributed by atoms with van der Waals surface area (Å²) < 4.78 is 27.6. The second-order valence-electron chi connectivity index (χ2n) is 6.48. The van der Waals surface area contributed by atoms with E-state index in [4.69, 9.17) is 0 Å². The number of para-hydroxylation sites is 1. The number of hydrazone groups is 1. The number of amides is 2. The molecule has 0 unspecified atom stereocenters. The van der Waals surface area contributed by atoms with Crippen LogP contribution in [-0.4, -0.2) is 25.9 Å². The summed E-state index contributed by atoms with van der Waals surface area (Å²) in [6.07, 6.45) is 0. The quantitative estimate of drug-likeness (QED) is 0.371. The molecule has 8 nitrogen and oxygen atoms in total. The minimum absolute atomic E-state index is 0.131. The lowest BCUT2D eigenvalue weighted by Crippen LogP contribution is -2.22. The van der Waals surface area contributed by atoms with E-state index >= 15 is 0 Å². The van der Waals surface area contributed by atoms with Crippen molar-refractivity contribution < 1.29 is 18.0 Å². The van der Waals surface area contributed by atoms with Crippen LogP contribution in [-0.2, 0) is 14.8 Å². The number of carbonyl (C=O) groups is 2. The second-order valence-corrected chi connectivity index (χ2v) is 9.34. The zero-order valence-electron chi connectivity index (χ0n) is 16.7. The Bertz CT molecular complexity index is 1240. The second kappa shape index (κ2) is 9.54. The van der Waals surface area contributed by atoms with E-state index in [1.165, 1.54) is 25.1 Å². The highest BCUT2D eigenvalue weighted by Crippen LogP contribution is 2.23. The number of carbonyl (C=O) groups excluding carboxylic acids is 2. The summed E-state index contributed by atoms with van der Waals surface area (Å²) in [6.45, 7) is 3.12. The monoisotopic (exact) mass is 456 g/mol. The van der Waals surface area contributed by atoms with Crippen molar-refractivity contribution in [3.63, 3.8) is 0 Å². The fourth-order valence-corrected chi connectivity index (χ4v) is 4.74. The maximum atomic E-state index is 12.7. The van der Waals surface area contributed by atoms with Gasteiger partial charge in [-0.2, -0.15) is 5.10 Å². The van der Waals surface area contributed by atoms with Crippen LogP contribution in [0.15, 0.2) is 75.4 Å². The molecule has 0 saturated carbocycles. The molecule has 160 valence electrons. The fourth-order valence-electron chi connectivity index (χ4n) is 2.67. The summed E-state index contributed by atoms with van der Waals surface area (Å²) in [5, 5.41) is 8.45. The average Bonchev–Trinajstić information content (AvgIpc) is 3.27. The van der Waals surface area contributed by atoms with Gasteiger partial charge in [-0.05, 0) is 48.2 Å². The molecule has 3 aromatic rings. The Morgan fingerprint density at radius 2 is 1.74 bits per heavy atom. The molecule has 2 amide bonds. The van der Waals surface area contributed by atoms with Gasteiger partial charge in [-0.25, -0.2) is 13.8 Å². The number of thiophene rings is 1. The lowest BCUT2D eigenvalue weighted by atomic mass is 10.1.